The third-order valence-electron chi connectivity index (χ3n) is 5.47. The number of nitrogens with zero attached hydrogens (tertiary/aromatic N) is 3. The van der Waals surface area contributed by atoms with Crippen LogP contribution >= 0.6 is 11.6 Å². The first-order valence-corrected chi connectivity index (χ1v) is 11.4. The molecular weight excluding hydrogens is 436 g/mol. The zero-order valence-corrected chi connectivity index (χ0v) is 19.6. The van der Waals surface area contributed by atoms with E-state index in [9.17, 15) is 4.79 Å². The van der Waals surface area contributed by atoms with Crippen molar-refractivity contribution < 1.29 is 9.53 Å². The molecular formula is C26H27ClN4O2. The lowest BCUT2D eigenvalue weighted by Gasteiger charge is -2.12. The maximum atomic E-state index is 12.3. The van der Waals surface area contributed by atoms with E-state index < -0.39 is 0 Å². The molecule has 4 rings (SSSR count). The van der Waals surface area contributed by atoms with E-state index in [4.69, 9.17) is 21.3 Å². The smallest absolute Gasteiger partial charge is 0.269 e. The van der Waals surface area contributed by atoms with Crippen LogP contribution in [0.15, 0.2) is 60.8 Å². The van der Waals surface area contributed by atoms with Crippen molar-refractivity contribution >= 4 is 28.5 Å². The van der Waals surface area contributed by atoms with Crippen LogP contribution in [0.5, 0.6) is 5.75 Å². The van der Waals surface area contributed by atoms with Gasteiger partial charge in [0.05, 0.1) is 17.6 Å². The number of carbonyl (C=O) groups excluding carboxylic acids is 1. The number of rotatable bonds is 9. The van der Waals surface area contributed by atoms with Crippen molar-refractivity contribution in [1.29, 1.82) is 0 Å². The number of carbonyl (C=O) groups is 1. The number of aryl methyl sites for hydroxylation is 3. The number of ether oxygens (including phenoxy) is 1. The van der Waals surface area contributed by atoms with Crippen molar-refractivity contribution in [2.45, 2.75) is 33.2 Å². The monoisotopic (exact) mass is 462 g/mol. The number of amides is 1. The van der Waals surface area contributed by atoms with Crippen LogP contribution in [0.1, 0.15) is 33.9 Å². The van der Waals surface area contributed by atoms with E-state index in [1.807, 2.05) is 44.2 Å². The maximum absolute atomic E-state index is 12.3. The van der Waals surface area contributed by atoms with Crippen molar-refractivity contribution in [2.24, 2.45) is 0 Å². The second-order valence-electron chi connectivity index (χ2n) is 7.96. The third kappa shape index (κ3) is 5.52. The number of fused-ring (bicyclic) bond motifs is 1. The van der Waals surface area contributed by atoms with E-state index in [0.717, 1.165) is 51.7 Å². The topological polar surface area (TPSA) is 69.0 Å². The highest BCUT2D eigenvalue weighted by Crippen LogP contribution is 2.26. The Kier molecular flexibility index (Phi) is 7.25. The van der Waals surface area contributed by atoms with Crippen molar-refractivity contribution in [1.82, 2.24) is 19.9 Å². The molecule has 6 nitrogen and oxygen atoms in total. The highest BCUT2D eigenvalue weighted by Gasteiger charge is 2.12. The number of aromatic nitrogens is 3. The Morgan fingerprint density at radius 3 is 2.61 bits per heavy atom. The van der Waals surface area contributed by atoms with Crippen molar-refractivity contribution in [2.75, 3.05) is 13.2 Å². The zero-order chi connectivity index (χ0) is 23.2. The molecule has 0 aliphatic carbocycles. The fourth-order valence-corrected chi connectivity index (χ4v) is 3.95. The van der Waals surface area contributed by atoms with Gasteiger partial charge >= 0.3 is 0 Å². The molecule has 2 aromatic carbocycles. The lowest BCUT2D eigenvalue weighted by molar-refractivity contribution is 0.0949. The summed E-state index contributed by atoms with van der Waals surface area (Å²) in [6.45, 7) is 5.81. The molecule has 0 saturated carbocycles. The summed E-state index contributed by atoms with van der Waals surface area (Å²) in [4.78, 5) is 21.2. The first kappa shape index (κ1) is 22.8. The Morgan fingerprint density at radius 2 is 1.85 bits per heavy atom. The summed E-state index contributed by atoms with van der Waals surface area (Å²) in [6, 6.07) is 17.3. The van der Waals surface area contributed by atoms with Crippen LogP contribution in [0.4, 0.5) is 0 Å². The van der Waals surface area contributed by atoms with Gasteiger partial charge in [0.15, 0.2) is 0 Å². The number of para-hydroxylation sites is 2. The molecule has 0 aliphatic heterocycles. The molecule has 1 amide bonds. The largest absolute Gasteiger partial charge is 0.494 e. The van der Waals surface area contributed by atoms with E-state index in [0.29, 0.717) is 25.3 Å². The second kappa shape index (κ2) is 10.5. The van der Waals surface area contributed by atoms with E-state index in [1.54, 1.807) is 24.4 Å². The molecule has 0 unspecified atom stereocenters. The first-order valence-electron chi connectivity index (χ1n) is 11.1. The van der Waals surface area contributed by atoms with Crippen molar-refractivity contribution in [3.63, 3.8) is 0 Å². The van der Waals surface area contributed by atoms with Gasteiger partial charge in [0.25, 0.3) is 5.91 Å². The Balaban J connectivity index is 1.38. The fourth-order valence-electron chi connectivity index (χ4n) is 3.84. The van der Waals surface area contributed by atoms with Crippen LogP contribution in [0, 0.1) is 13.8 Å². The van der Waals surface area contributed by atoms with Crippen LogP contribution in [-0.2, 0) is 13.0 Å². The van der Waals surface area contributed by atoms with Gasteiger partial charge < -0.3 is 14.6 Å². The number of nitrogens with one attached hydrogen (secondary N) is 1. The van der Waals surface area contributed by atoms with Gasteiger partial charge in [-0.25, -0.2) is 4.98 Å². The summed E-state index contributed by atoms with van der Waals surface area (Å²) < 4.78 is 8.19. The summed E-state index contributed by atoms with van der Waals surface area (Å²) in [7, 11) is 0. The van der Waals surface area contributed by atoms with Gasteiger partial charge in [0.2, 0.25) is 0 Å². The molecule has 33 heavy (non-hydrogen) atoms. The summed E-state index contributed by atoms with van der Waals surface area (Å²) in [5, 5.41) is 3.72. The van der Waals surface area contributed by atoms with Gasteiger partial charge in [0.1, 0.15) is 17.3 Å². The van der Waals surface area contributed by atoms with Gasteiger partial charge in [-0.05, 0) is 67.8 Å². The normalized spacial score (nSPS) is 11.0. The average molecular weight is 463 g/mol. The minimum absolute atomic E-state index is 0.180. The molecule has 1 N–H and O–H groups in total. The van der Waals surface area contributed by atoms with E-state index in [-0.39, 0.29) is 5.91 Å². The van der Waals surface area contributed by atoms with Crippen LogP contribution in [0.3, 0.4) is 0 Å². The molecule has 2 heterocycles. The predicted molar refractivity (Wildman–Crippen MR) is 131 cm³/mol. The number of hydrogen-bond donors (Lipinski definition) is 1. The Bertz CT molecular complexity index is 1230. The van der Waals surface area contributed by atoms with Crippen molar-refractivity contribution in [3.05, 3.63) is 88.5 Å². The number of imidazole rings is 1. The van der Waals surface area contributed by atoms with Crippen LogP contribution < -0.4 is 10.1 Å². The number of benzene rings is 2. The molecule has 0 fully saturated rings. The van der Waals surface area contributed by atoms with Crippen LogP contribution in [0.2, 0.25) is 5.02 Å². The summed E-state index contributed by atoms with van der Waals surface area (Å²) in [6.07, 6.45) is 3.07. The van der Waals surface area contributed by atoms with Gasteiger partial charge in [-0.15, -0.1) is 0 Å². The SMILES string of the molecule is Cc1cc(OCCCn2c(CCNC(=O)c3ccccn3)nc3ccccc32)cc(C)c1Cl. The van der Waals surface area contributed by atoms with Crippen LogP contribution in [0.25, 0.3) is 11.0 Å². The number of halogens is 1. The molecule has 0 bridgehead atoms. The van der Waals surface area contributed by atoms with E-state index in [2.05, 4.69) is 20.9 Å². The maximum Gasteiger partial charge on any atom is 0.269 e. The standard InChI is InChI=1S/C26H27ClN4O2/c1-18-16-20(17-19(2)25(18)27)33-15-7-14-31-23-10-4-3-8-21(23)30-24(31)11-13-29-26(32)22-9-5-6-12-28-22/h3-6,8-10,12,16-17H,7,11,13-15H2,1-2H3,(H,29,32). The molecule has 0 spiro atoms. The highest BCUT2D eigenvalue weighted by molar-refractivity contribution is 6.32. The summed E-state index contributed by atoms with van der Waals surface area (Å²) >= 11 is 6.25. The Labute approximate surface area is 198 Å². The van der Waals surface area contributed by atoms with Gasteiger partial charge in [-0.3, -0.25) is 9.78 Å². The van der Waals surface area contributed by atoms with E-state index >= 15 is 0 Å². The van der Waals surface area contributed by atoms with Gasteiger partial charge in [0, 0.05) is 30.7 Å². The number of hydrogen-bond acceptors (Lipinski definition) is 4. The minimum Gasteiger partial charge on any atom is -0.494 e. The summed E-state index contributed by atoms with van der Waals surface area (Å²) in [5.41, 5.74) is 4.48. The summed E-state index contributed by atoms with van der Waals surface area (Å²) in [5.74, 6) is 1.60. The molecule has 0 aliphatic rings. The number of pyridine rings is 1. The molecule has 4 aromatic rings. The fraction of sp³-hybridized carbons (Fsp3) is 0.269. The molecule has 0 radical (unpaired) electrons. The lowest BCUT2D eigenvalue weighted by Crippen LogP contribution is -2.27. The highest BCUT2D eigenvalue weighted by atomic mass is 35.5. The quantitative estimate of drug-likeness (QED) is 0.349. The van der Waals surface area contributed by atoms with Crippen molar-refractivity contribution in [3.8, 4) is 5.75 Å². The van der Waals surface area contributed by atoms with Crippen LogP contribution in [-0.4, -0.2) is 33.6 Å². The molecule has 2 aromatic heterocycles. The molecule has 7 heteroatoms. The predicted octanol–water partition coefficient (Wildman–Crippen LogP) is 5.14. The van der Waals surface area contributed by atoms with E-state index in [1.165, 1.54) is 0 Å². The second-order valence-corrected chi connectivity index (χ2v) is 8.34. The van der Waals surface area contributed by atoms with Gasteiger partial charge in [-0.2, -0.15) is 0 Å². The Morgan fingerprint density at radius 1 is 1.09 bits per heavy atom. The van der Waals surface area contributed by atoms with Gasteiger partial charge in [-0.1, -0.05) is 29.8 Å². The third-order valence-corrected chi connectivity index (χ3v) is 6.07. The first-order chi connectivity index (χ1) is 16.0. The zero-order valence-electron chi connectivity index (χ0n) is 18.8. The molecule has 0 atom stereocenters. The molecule has 170 valence electrons. The Hall–Kier alpha value is -3.38. The minimum atomic E-state index is -0.180. The molecule has 0 saturated heterocycles. The lowest BCUT2D eigenvalue weighted by atomic mass is 10.1. The average Bonchev–Trinajstić information content (AvgIpc) is 3.18.